The zero-order valence-corrected chi connectivity index (χ0v) is 16.2. The lowest BCUT2D eigenvalue weighted by atomic mass is 10.3. The molecule has 0 aliphatic heterocycles. The molecule has 0 fully saturated rings. The lowest BCUT2D eigenvalue weighted by molar-refractivity contribution is -0.127. The van der Waals surface area contributed by atoms with E-state index in [2.05, 4.69) is 23.3 Å². The van der Waals surface area contributed by atoms with E-state index in [4.69, 9.17) is 30.4 Å². The summed E-state index contributed by atoms with van der Waals surface area (Å²) >= 11 is 3.93. The zero-order valence-electron chi connectivity index (χ0n) is 15.3. The summed E-state index contributed by atoms with van der Waals surface area (Å²) in [5.41, 5.74) is 10.4. The van der Waals surface area contributed by atoms with Gasteiger partial charge < -0.3 is 41.0 Å². The standard InChI is InChI=1S/C15H30N4O7S/c16-12(11-27)15(22)19-2-4-24-6-8-26-10-14(21)18-1-3-23-5-7-25-9-13(17)20/h12,27H,1-11,16H2,(H2,17,20)(H,18,21)(H,19,22)/t12-/m0/s1. The van der Waals surface area contributed by atoms with Crippen molar-refractivity contribution in [2.75, 3.05) is 71.7 Å². The lowest BCUT2D eigenvalue weighted by Crippen LogP contribution is -2.43. The van der Waals surface area contributed by atoms with Crippen LogP contribution in [0.4, 0.5) is 0 Å². The van der Waals surface area contributed by atoms with Crippen molar-refractivity contribution in [1.82, 2.24) is 10.6 Å². The molecule has 0 radical (unpaired) electrons. The highest BCUT2D eigenvalue weighted by atomic mass is 32.1. The Kier molecular flexibility index (Phi) is 17.0. The fraction of sp³-hybridized carbons (Fsp3) is 0.800. The Morgan fingerprint density at radius 3 is 1.89 bits per heavy atom. The Bertz CT molecular complexity index is 429. The number of hydrogen-bond acceptors (Lipinski definition) is 9. The van der Waals surface area contributed by atoms with Gasteiger partial charge in [0.2, 0.25) is 17.7 Å². The van der Waals surface area contributed by atoms with Gasteiger partial charge in [0.05, 0.1) is 45.7 Å². The number of ether oxygens (including phenoxy) is 4. The first-order valence-corrected chi connectivity index (χ1v) is 9.10. The fourth-order valence-corrected chi connectivity index (χ4v) is 1.72. The van der Waals surface area contributed by atoms with Gasteiger partial charge in [0.25, 0.3) is 0 Å². The summed E-state index contributed by atoms with van der Waals surface area (Å²) in [6, 6.07) is -0.629. The van der Waals surface area contributed by atoms with Crippen molar-refractivity contribution in [3.63, 3.8) is 0 Å². The van der Waals surface area contributed by atoms with E-state index in [1.165, 1.54) is 0 Å². The predicted octanol–water partition coefficient (Wildman–Crippen LogP) is -2.97. The summed E-state index contributed by atoms with van der Waals surface area (Å²) in [7, 11) is 0. The van der Waals surface area contributed by atoms with Crippen molar-refractivity contribution in [2.45, 2.75) is 6.04 Å². The summed E-state index contributed by atoms with van der Waals surface area (Å²) in [6.45, 7) is 2.21. The van der Waals surface area contributed by atoms with Gasteiger partial charge in [0.1, 0.15) is 13.2 Å². The van der Waals surface area contributed by atoms with E-state index in [1.54, 1.807) is 0 Å². The fourth-order valence-electron chi connectivity index (χ4n) is 1.55. The topological polar surface area (TPSA) is 164 Å². The number of carbonyl (C=O) groups is 3. The Morgan fingerprint density at radius 2 is 1.33 bits per heavy atom. The molecule has 3 amide bonds. The van der Waals surface area contributed by atoms with Crippen LogP contribution in [-0.4, -0.2) is 95.5 Å². The number of hydrogen-bond donors (Lipinski definition) is 5. The smallest absolute Gasteiger partial charge is 0.246 e. The highest BCUT2D eigenvalue weighted by molar-refractivity contribution is 7.80. The van der Waals surface area contributed by atoms with Crippen LogP contribution in [0.25, 0.3) is 0 Å². The predicted molar refractivity (Wildman–Crippen MR) is 100 cm³/mol. The molecule has 0 saturated heterocycles. The number of thiol groups is 1. The van der Waals surface area contributed by atoms with Crippen LogP contribution in [-0.2, 0) is 33.3 Å². The molecule has 158 valence electrons. The van der Waals surface area contributed by atoms with Crippen molar-refractivity contribution in [3.8, 4) is 0 Å². The molecular weight excluding hydrogens is 380 g/mol. The second-order valence-corrected chi connectivity index (χ2v) is 5.59. The van der Waals surface area contributed by atoms with Gasteiger partial charge in [-0.1, -0.05) is 0 Å². The van der Waals surface area contributed by atoms with Gasteiger partial charge in [-0.05, 0) is 0 Å². The van der Waals surface area contributed by atoms with Crippen LogP contribution in [0.1, 0.15) is 0 Å². The maximum atomic E-state index is 11.5. The van der Waals surface area contributed by atoms with Crippen LogP contribution in [0.5, 0.6) is 0 Å². The minimum absolute atomic E-state index is 0.0847. The second-order valence-electron chi connectivity index (χ2n) is 5.23. The Morgan fingerprint density at radius 1 is 0.815 bits per heavy atom. The molecule has 0 aliphatic rings. The Balaban J connectivity index is 3.30. The zero-order chi connectivity index (χ0) is 20.3. The van der Waals surface area contributed by atoms with Crippen molar-refractivity contribution in [1.29, 1.82) is 0 Å². The molecule has 11 nitrogen and oxygen atoms in total. The minimum Gasteiger partial charge on any atom is -0.377 e. The minimum atomic E-state index is -0.629. The number of carbonyl (C=O) groups excluding carboxylic acids is 3. The average molecular weight is 410 g/mol. The molecule has 1 atom stereocenters. The number of primary amides is 1. The first kappa shape index (κ1) is 25.6. The average Bonchev–Trinajstić information content (AvgIpc) is 2.64. The molecule has 0 heterocycles. The molecule has 0 unspecified atom stereocenters. The molecule has 0 aliphatic carbocycles. The SMILES string of the molecule is NC(=O)COCCOCCNC(=O)COCCOCCNC(=O)[C@@H](N)CS. The molecule has 12 heteroatoms. The van der Waals surface area contributed by atoms with Crippen molar-refractivity contribution >= 4 is 30.4 Å². The highest BCUT2D eigenvalue weighted by Crippen LogP contribution is 1.84. The van der Waals surface area contributed by atoms with Crippen LogP contribution >= 0.6 is 12.6 Å². The molecule has 0 spiro atoms. The van der Waals surface area contributed by atoms with Gasteiger partial charge in [-0.15, -0.1) is 0 Å². The van der Waals surface area contributed by atoms with Crippen molar-refractivity contribution < 1.29 is 33.3 Å². The number of nitrogens with two attached hydrogens (primary N) is 2. The Hall–Kier alpha value is -1.44. The molecule has 0 saturated carbocycles. The summed E-state index contributed by atoms with van der Waals surface area (Å²) < 4.78 is 20.5. The first-order valence-electron chi connectivity index (χ1n) is 8.47. The lowest BCUT2D eigenvalue weighted by Gasteiger charge is -2.10. The van der Waals surface area contributed by atoms with Crippen LogP contribution < -0.4 is 22.1 Å². The van der Waals surface area contributed by atoms with Gasteiger partial charge in [0, 0.05) is 18.8 Å². The maximum Gasteiger partial charge on any atom is 0.246 e. The van der Waals surface area contributed by atoms with Crippen LogP contribution in [0, 0.1) is 0 Å². The van der Waals surface area contributed by atoms with Gasteiger partial charge in [-0.2, -0.15) is 12.6 Å². The van der Waals surface area contributed by atoms with E-state index in [0.717, 1.165) is 0 Å². The summed E-state index contributed by atoms with van der Waals surface area (Å²) in [6.07, 6.45) is 0. The molecule has 27 heavy (non-hydrogen) atoms. The third-order valence-corrected chi connectivity index (χ3v) is 3.26. The first-order chi connectivity index (χ1) is 13.0. The van der Waals surface area contributed by atoms with Crippen molar-refractivity contribution in [3.05, 3.63) is 0 Å². The Labute approximate surface area is 164 Å². The molecule has 0 bridgehead atoms. The van der Waals surface area contributed by atoms with E-state index in [0.29, 0.717) is 39.5 Å². The van der Waals surface area contributed by atoms with Gasteiger partial charge in [0.15, 0.2) is 0 Å². The highest BCUT2D eigenvalue weighted by Gasteiger charge is 2.09. The summed E-state index contributed by atoms with van der Waals surface area (Å²) in [5, 5.41) is 5.23. The maximum absolute atomic E-state index is 11.5. The van der Waals surface area contributed by atoms with Gasteiger partial charge in [-0.25, -0.2) is 0 Å². The number of rotatable bonds is 18. The second kappa shape index (κ2) is 17.9. The molecule has 0 aromatic heterocycles. The molecule has 0 rings (SSSR count). The van der Waals surface area contributed by atoms with Crippen LogP contribution in [0.15, 0.2) is 0 Å². The van der Waals surface area contributed by atoms with E-state index in [9.17, 15) is 14.4 Å². The third-order valence-electron chi connectivity index (χ3n) is 2.87. The van der Waals surface area contributed by atoms with Gasteiger partial charge in [-0.3, -0.25) is 14.4 Å². The number of nitrogens with one attached hydrogen (secondary N) is 2. The third kappa shape index (κ3) is 17.7. The van der Waals surface area contributed by atoms with E-state index < -0.39 is 11.9 Å². The monoisotopic (exact) mass is 410 g/mol. The normalized spacial score (nSPS) is 11.8. The van der Waals surface area contributed by atoms with E-state index >= 15 is 0 Å². The quantitative estimate of drug-likeness (QED) is 0.118. The van der Waals surface area contributed by atoms with E-state index in [1.807, 2.05) is 0 Å². The van der Waals surface area contributed by atoms with Crippen molar-refractivity contribution in [2.24, 2.45) is 11.5 Å². The van der Waals surface area contributed by atoms with Crippen LogP contribution in [0.2, 0.25) is 0 Å². The molecule has 0 aromatic carbocycles. The largest absolute Gasteiger partial charge is 0.377 e. The molecule has 0 aromatic rings. The van der Waals surface area contributed by atoms with Crippen LogP contribution in [0.3, 0.4) is 0 Å². The van der Waals surface area contributed by atoms with E-state index in [-0.39, 0.29) is 44.0 Å². The van der Waals surface area contributed by atoms with Gasteiger partial charge >= 0.3 is 0 Å². The summed E-state index contributed by atoms with van der Waals surface area (Å²) in [5.74, 6) is -0.797. The number of amides is 3. The molecule has 6 N–H and O–H groups in total. The molecular formula is C15H30N4O7S. The summed E-state index contributed by atoms with van der Waals surface area (Å²) in [4.78, 5) is 33.2.